The molecular weight excluding hydrogens is 178 g/mol. The number of nitrogens with one attached hydrogen (secondary N) is 1. The van der Waals surface area contributed by atoms with E-state index in [-0.39, 0.29) is 0 Å². The van der Waals surface area contributed by atoms with Crippen molar-refractivity contribution in [2.45, 2.75) is 0 Å². The second-order valence-corrected chi connectivity index (χ2v) is 2.51. The first-order valence-electron chi connectivity index (χ1n) is 4.18. The summed E-state index contributed by atoms with van der Waals surface area (Å²) in [5, 5.41) is 2.47. The van der Waals surface area contributed by atoms with Crippen LogP contribution in [-0.4, -0.2) is 19.7 Å². The summed E-state index contributed by atoms with van der Waals surface area (Å²) in [5.74, 6) is 5.71. The highest BCUT2D eigenvalue weighted by Crippen LogP contribution is 1.93. The van der Waals surface area contributed by atoms with Gasteiger partial charge < -0.3 is 10.1 Å². The van der Waals surface area contributed by atoms with Crippen molar-refractivity contribution in [3.8, 4) is 11.8 Å². The molecule has 0 aromatic heterocycles. The largest absolute Gasteiger partial charge is 0.453 e. The zero-order chi connectivity index (χ0) is 10.2. The molecule has 0 aliphatic heterocycles. The highest BCUT2D eigenvalue weighted by Gasteiger charge is 1.92. The Hall–Kier alpha value is -1.95. The van der Waals surface area contributed by atoms with Gasteiger partial charge in [0.05, 0.1) is 13.7 Å². The van der Waals surface area contributed by atoms with Crippen LogP contribution >= 0.6 is 0 Å². The van der Waals surface area contributed by atoms with Crippen LogP contribution in [0.2, 0.25) is 0 Å². The number of amides is 1. The van der Waals surface area contributed by atoms with Crippen molar-refractivity contribution in [1.82, 2.24) is 5.32 Å². The zero-order valence-corrected chi connectivity index (χ0v) is 7.91. The Morgan fingerprint density at radius 2 is 2.14 bits per heavy atom. The summed E-state index contributed by atoms with van der Waals surface area (Å²) in [6, 6.07) is 9.57. The third-order valence-corrected chi connectivity index (χ3v) is 1.51. The number of carbonyl (C=O) groups is 1. The maximum atomic E-state index is 10.6. The SMILES string of the molecule is COC(=O)NCC#Cc1ccccc1. The zero-order valence-electron chi connectivity index (χ0n) is 7.91. The highest BCUT2D eigenvalue weighted by atomic mass is 16.5. The minimum absolute atomic E-state index is 0.293. The van der Waals surface area contributed by atoms with Crippen molar-refractivity contribution < 1.29 is 9.53 Å². The Kier molecular flexibility index (Phi) is 4.09. The van der Waals surface area contributed by atoms with Crippen molar-refractivity contribution in [1.29, 1.82) is 0 Å². The van der Waals surface area contributed by atoms with Crippen LogP contribution in [0.4, 0.5) is 4.79 Å². The van der Waals surface area contributed by atoms with Crippen molar-refractivity contribution in [3.63, 3.8) is 0 Å². The molecule has 0 aliphatic carbocycles. The van der Waals surface area contributed by atoms with Crippen molar-refractivity contribution in [3.05, 3.63) is 35.9 Å². The Morgan fingerprint density at radius 3 is 2.79 bits per heavy atom. The molecule has 0 aliphatic rings. The fraction of sp³-hybridized carbons (Fsp3) is 0.182. The maximum Gasteiger partial charge on any atom is 0.407 e. The Morgan fingerprint density at radius 1 is 1.43 bits per heavy atom. The summed E-state index contributed by atoms with van der Waals surface area (Å²) < 4.78 is 4.38. The van der Waals surface area contributed by atoms with Crippen LogP contribution in [0.1, 0.15) is 5.56 Å². The van der Waals surface area contributed by atoms with Crippen LogP contribution in [0.3, 0.4) is 0 Å². The van der Waals surface area contributed by atoms with Gasteiger partial charge in [-0.3, -0.25) is 0 Å². The number of hydrogen-bond donors (Lipinski definition) is 1. The molecular formula is C11H11NO2. The normalized spacial score (nSPS) is 8.36. The molecule has 0 bridgehead atoms. The standard InChI is InChI=1S/C11H11NO2/c1-14-11(13)12-9-5-8-10-6-3-2-4-7-10/h2-4,6-7H,9H2,1H3,(H,12,13). The minimum Gasteiger partial charge on any atom is -0.453 e. The van der Waals surface area contributed by atoms with Gasteiger partial charge in [0.2, 0.25) is 0 Å². The van der Waals surface area contributed by atoms with Gasteiger partial charge in [-0.1, -0.05) is 30.0 Å². The van der Waals surface area contributed by atoms with Crippen molar-refractivity contribution in [2.75, 3.05) is 13.7 Å². The van der Waals surface area contributed by atoms with Crippen LogP contribution < -0.4 is 5.32 Å². The van der Waals surface area contributed by atoms with Crippen LogP contribution in [0.5, 0.6) is 0 Å². The third-order valence-electron chi connectivity index (χ3n) is 1.51. The average molecular weight is 189 g/mol. The van der Waals surface area contributed by atoms with Crippen LogP contribution in [0.25, 0.3) is 0 Å². The molecule has 1 aromatic carbocycles. The van der Waals surface area contributed by atoms with Gasteiger partial charge >= 0.3 is 6.09 Å². The van der Waals surface area contributed by atoms with Gasteiger partial charge in [0.1, 0.15) is 0 Å². The molecule has 0 saturated heterocycles. The van der Waals surface area contributed by atoms with Crippen molar-refractivity contribution >= 4 is 6.09 Å². The molecule has 1 amide bonds. The number of rotatable bonds is 1. The molecule has 14 heavy (non-hydrogen) atoms. The molecule has 0 spiro atoms. The van der Waals surface area contributed by atoms with Gasteiger partial charge in [0.15, 0.2) is 0 Å². The van der Waals surface area contributed by atoms with E-state index in [2.05, 4.69) is 21.9 Å². The van der Waals surface area contributed by atoms with Crippen molar-refractivity contribution in [2.24, 2.45) is 0 Å². The number of benzene rings is 1. The second kappa shape index (κ2) is 5.65. The van der Waals surface area contributed by atoms with E-state index in [0.29, 0.717) is 6.54 Å². The molecule has 0 saturated carbocycles. The first-order valence-corrected chi connectivity index (χ1v) is 4.18. The molecule has 0 heterocycles. The predicted molar refractivity (Wildman–Crippen MR) is 53.7 cm³/mol. The number of alkyl carbamates (subject to hydrolysis) is 1. The van der Waals surface area contributed by atoms with Gasteiger partial charge in [0.25, 0.3) is 0 Å². The lowest BCUT2D eigenvalue weighted by Crippen LogP contribution is -2.22. The molecule has 0 unspecified atom stereocenters. The van der Waals surface area contributed by atoms with E-state index >= 15 is 0 Å². The molecule has 0 atom stereocenters. The lowest BCUT2D eigenvalue weighted by molar-refractivity contribution is 0.172. The van der Waals surface area contributed by atoms with Gasteiger partial charge in [0, 0.05) is 5.56 Å². The topological polar surface area (TPSA) is 38.3 Å². The summed E-state index contributed by atoms with van der Waals surface area (Å²) in [6.07, 6.45) is -0.465. The third kappa shape index (κ3) is 3.63. The summed E-state index contributed by atoms with van der Waals surface area (Å²) in [4.78, 5) is 10.6. The summed E-state index contributed by atoms with van der Waals surface area (Å²) in [6.45, 7) is 0.293. The Labute approximate surface area is 83.1 Å². The van der Waals surface area contributed by atoms with Gasteiger partial charge in [-0.25, -0.2) is 4.79 Å². The smallest absolute Gasteiger partial charge is 0.407 e. The second-order valence-electron chi connectivity index (χ2n) is 2.51. The Balaban J connectivity index is 2.38. The van der Waals surface area contributed by atoms with Crippen LogP contribution in [-0.2, 0) is 4.74 Å². The van der Waals surface area contributed by atoms with E-state index in [4.69, 9.17) is 0 Å². The van der Waals surface area contributed by atoms with Crippen LogP contribution in [0, 0.1) is 11.8 Å². The number of carbonyl (C=O) groups excluding carboxylic acids is 1. The highest BCUT2D eigenvalue weighted by molar-refractivity contribution is 5.67. The first-order chi connectivity index (χ1) is 6.83. The molecule has 1 aromatic rings. The summed E-state index contributed by atoms with van der Waals surface area (Å²) >= 11 is 0. The molecule has 3 heteroatoms. The van der Waals surface area contributed by atoms with Crippen LogP contribution in [0.15, 0.2) is 30.3 Å². The van der Waals surface area contributed by atoms with Gasteiger partial charge in [-0.05, 0) is 12.1 Å². The molecule has 1 N–H and O–H groups in total. The summed E-state index contributed by atoms with van der Waals surface area (Å²) in [5.41, 5.74) is 0.930. The monoisotopic (exact) mass is 189 g/mol. The number of methoxy groups -OCH3 is 1. The van der Waals surface area contributed by atoms with E-state index in [1.807, 2.05) is 30.3 Å². The van der Waals surface area contributed by atoms with E-state index in [0.717, 1.165) is 5.56 Å². The molecule has 0 radical (unpaired) electrons. The first kappa shape index (κ1) is 10.1. The number of hydrogen-bond acceptors (Lipinski definition) is 2. The molecule has 3 nitrogen and oxygen atoms in total. The maximum absolute atomic E-state index is 10.6. The average Bonchev–Trinajstić information content (AvgIpc) is 2.25. The van der Waals surface area contributed by atoms with Gasteiger partial charge in [-0.15, -0.1) is 0 Å². The summed E-state index contributed by atoms with van der Waals surface area (Å²) in [7, 11) is 1.32. The van der Waals surface area contributed by atoms with E-state index < -0.39 is 6.09 Å². The van der Waals surface area contributed by atoms with E-state index in [1.54, 1.807) is 0 Å². The van der Waals surface area contributed by atoms with E-state index in [1.165, 1.54) is 7.11 Å². The molecule has 72 valence electrons. The fourth-order valence-electron chi connectivity index (χ4n) is 0.856. The minimum atomic E-state index is -0.465. The lowest BCUT2D eigenvalue weighted by Gasteiger charge is -1.96. The molecule has 1 rings (SSSR count). The van der Waals surface area contributed by atoms with E-state index in [9.17, 15) is 4.79 Å². The molecule has 0 fully saturated rings. The Bertz CT molecular complexity index is 349. The number of ether oxygens (including phenoxy) is 1. The predicted octanol–water partition coefficient (Wildman–Crippen LogP) is 1.39. The van der Waals surface area contributed by atoms with Gasteiger partial charge in [-0.2, -0.15) is 0 Å². The quantitative estimate of drug-likeness (QED) is 0.678. The lowest BCUT2D eigenvalue weighted by atomic mass is 10.2. The fourth-order valence-corrected chi connectivity index (χ4v) is 0.856.